The molecule has 4 aromatic rings. The third-order valence-electron chi connectivity index (χ3n) is 6.18. The van der Waals surface area contributed by atoms with Crippen LogP contribution in [0.5, 0.6) is 0 Å². The molecular weight excluding hydrogens is 408 g/mol. The Labute approximate surface area is 185 Å². The van der Waals surface area contributed by atoms with Gasteiger partial charge in [-0.1, -0.05) is 49.7 Å². The van der Waals surface area contributed by atoms with Crippen molar-refractivity contribution < 1.29 is 9.90 Å². The lowest BCUT2D eigenvalue weighted by Gasteiger charge is -2.17. The van der Waals surface area contributed by atoms with Crippen LogP contribution in [-0.4, -0.2) is 21.0 Å². The number of aromatic amines is 2. The average Bonchev–Trinajstić information content (AvgIpc) is 3.45. The summed E-state index contributed by atoms with van der Waals surface area (Å²) in [5.74, 6) is -0.905. The van der Waals surface area contributed by atoms with E-state index in [0.29, 0.717) is 10.6 Å². The van der Waals surface area contributed by atoms with Crippen LogP contribution >= 0.6 is 11.6 Å². The third-order valence-corrected chi connectivity index (χ3v) is 6.49. The molecule has 4 nitrogen and oxygen atoms in total. The second-order valence-corrected chi connectivity index (χ2v) is 8.83. The first kappa shape index (κ1) is 19.7. The third kappa shape index (κ3) is 2.94. The molecule has 0 amide bonds. The number of benzene rings is 2. The molecule has 0 saturated carbocycles. The number of carbonyl (C=O) groups is 1. The number of nitrogens with one attached hydrogen (secondary N) is 2. The van der Waals surface area contributed by atoms with Crippen molar-refractivity contribution in [3.05, 3.63) is 75.6 Å². The van der Waals surface area contributed by atoms with Gasteiger partial charge in [0.25, 0.3) is 0 Å². The lowest BCUT2D eigenvalue weighted by molar-refractivity contribution is 0.0692. The van der Waals surface area contributed by atoms with E-state index in [0.717, 1.165) is 56.4 Å². The number of rotatable bonds is 4. The van der Waals surface area contributed by atoms with E-state index in [4.69, 9.17) is 11.6 Å². The fraction of sp³-hybridized carbons (Fsp3) is 0.192. The molecule has 2 aromatic carbocycles. The molecule has 0 unspecified atom stereocenters. The number of fused-ring (bicyclic) bond motifs is 2. The van der Waals surface area contributed by atoms with Gasteiger partial charge in [0.2, 0.25) is 0 Å². The summed E-state index contributed by atoms with van der Waals surface area (Å²) in [4.78, 5) is 19.0. The highest BCUT2D eigenvalue weighted by Gasteiger charge is 2.30. The van der Waals surface area contributed by atoms with Gasteiger partial charge in [0, 0.05) is 38.8 Å². The number of carboxylic acid groups (broad SMARTS) is 1. The Balaban J connectivity index is 1.93. The zero-order chi connectivity index (χ0) is 21.9. The Kier molecular flexibility index (Phi) is 4.56. The Morgan fingerprint density at radius 3 is 2.65 bits per heavy atom. The maximum atomic E-state index is 12.4. The smallest absolute Gasteiger partial charge is 0.352 e. The average molecular weight is 431 g/mol. The van der Waals surface area contributed by atoms with Crippen LogP contribution in [0.3, 0.4) is 0 Å². The molecule has 0 bridgehead atoms. The van der Waals surface area contributed by atoms with Crippen LogP contribution in [0.15, 0.2) is 42.6 Å². The molecule has 0 saturated heterocycles. The number of aryl methyl sites for hydroxylation is 1. The van der Waals surface area contributed by atoms with Gasteiger partial charge in [-0.2, -0.15) is 0 Å². The standard InChI is InChI=1S/C26H23ClN2O2/c1-13(2)20-23(22-16-6-4-5-15(16)8-9-18(22)27)25(26(30)31)29-24(20)21-14(3)7-10-19-17(21)11-12-28-19/h4,6-13,28-29H,5H2,1-3H3,(H,30,31). The molecular formula is C26H23ClN2O2. The van der Waals surface area contributed by atoms with Gasteiger partial charge in [0.15, 0.2) is 0 Å². The first-order chi connectivity index (χ1) is 14.9. The van der Waals surface area contributed by atoms with E-state index in [1.165, 1.54) is 0 Å². The van der Waals surface area contributed by atoms with Gasteiger partial charge in [-0.05, 0) is 59.7 Å². The summed E-state index contributed by atoms with van der Waals surface area (Å²) in [5.41, 5.74) is 8.81. The summed E-state index contributed by atoms with van der Waals surface area (Å²) in [7, 11) is 0. The van der Waals surface area contributed by atoms with Gasteiger partial charge in [0.05, 0.1) is 5.69 Å². The summed E-state index contributed by atoms with van der Waals surface area (Å²) in [5, 5.41) is 11.8. The van der Waals surface area contributed by atoms with Crippen molar-refractivity contribution in [3.8, 4) is 22.4 Å². The van der Waals surface area contributed by atoms with Crippen molar-refractivity contribution in [1.82, 2.24) is 9.97 Å². The van der Waals surface area contributed by atoms with Crippen molar-refractivity contribution in [2.75, 3.05) is 0 Å². The van der Waals surface area contributed by atoms with Crippen molar-refractivity contribution in [2.45, 2.75) is 33.1 Å². The number of allylic oxidation sites excluding steroid dienone is 1. The Hall–Kier alpha value is -3.24. The molecule has 2 heterocycles. The molecule has 1 aliphatic rings. The molecule has 1 aliphatic carbocycles. The normalized spacial score (nSPS) is 12.8. The van der Waals surface area contributed by atoms with Gasteiger partial charge in [-0.25, -0.2) is 4.79 Å². The molecule has 0 aliphatic heterocycles. The Bertz CT molecular complexity index is 1390. The highest BCUT2D eigenvalue weighted by molar-refractivity contribution is 6.34. The molecule has 0 radical (unpaired) electrons. The van der Waals surface area contributed by atoms with Crippen molar-refractivity contribution in [3.63, 3.8) is 0 Å². The van der Waals surface area contributed by atoms with E-state index in [9.17, 15) is 9.90 Å². The van der Waals surface area contributed by atoms with E-state index in [1.54, 1.807) is 0 Å². The Morgan fingerprint density at radius 1 is 1.10 bits per heavy atom. The number of hydrogen-bond acceptors (Lipinski definition) is 1. The monoisotopic (exact) mass is 430 g/mol. The summed E-state index contributed by atoms with van der Waals surface area (Å²) in [6, 6.07) is 10.1. The second kappa shape index (κ2) is 7.17. The summed E-state index contributed by atoms with van der Waals surface area (Å²) >= 11 is 6.71. The molecule has 3 N–H and O–H groups in total. The highest BCUT2D eigenvalue weighted by Crippen LogP contribution is 2.47. The molecule has 5 rings (SSSR count). The summed E-state index contributed by atoms with van der Waals surface area (Å²) in [6.07, 6.45) is 6.89. The Morgan fingerprint density at radius 2 is 1.90 bits per heavy atom. The van der Waals surface area contributed by atoms with E-state index in [1.807, 2.05) is 24.4 Å². The number of H-pyrrole nitrogens is 2. The van der Waals surface area contributed by atoms with E-state index in [2.05, 4.69) is 55.0 Å². The maximum Gasteiger partial charge on any atom is 0.352 e. The predicted molar refractivity (Wildman–Crippen MR) is 127 cm³/mol. The van der Waals surface area contributed by atoms with Crippen molar-refractivity contribution >= 4 is 34.5 Å². The summed E-state index contributed by atoms with van der Waals surface area (Å²) < 4.78 is 0. The van der Waals surface area contributed by atoms with Crippen LogP contribution in [0.1, 0.15) is 52.5 Å². The topological polar surface area (TPSA) is 68.9 Å². The first-order valence-corrected chi connectivity index (χ1v) is 10.8. The predicted octanol–water partition coefficient (Wildman–Crippen LogP) is 7.18. The van der Waals surface area contributed by atoms with Gasteiger partial charge in [0.1, 0.15) is 5.69 Å². The van der Waals surface area contributed by atoms with Crippen LogP contribution in [0.25, 0.3) is 39.4 Å². The van der Waals surface area contributed by atoms with Crippen LogP contribution in [0.2, 0.25) is 5.02 Å². The molecule has 2 aromatic heterocycles. The minimum absolute atomic E-state index is 0.0836. The molecule has 5 heteroatoms. The number of halogens is 1. The number of hydrogen-bond donors (Lipinski definition) is 3. The van der Waals surface area contributed by atoms with E-state index in [-0.39, 0.29) is 11.6 Å². The number of carboxylic acids is 1. The summed E-state index contributed by atoms with van der Waals surface area (Å²) in [6.45, 7) is 6.26. The fourth-order valence-electron chi connectivity index (χ4n) is 4.85. The molecule has 156 valence electrons. The number of aromatic nitrogens is 2. The van der Waals surface area contributed by atoms with Crippen LogP contribution in [-0.2, 0) is 6.42 Å². The zero-order valence-corrected chi connectivity index (χ0v) is 18.4. The largest absolute Gasteiger partial charge is 0.477 e. The van der Waals surface area contributed by atoms with Gasteiger partial charge in [-0.15, -0.1) is 0 Å². The van der Waals surface area contributed by atoms with Gasteiger partial charge in [-0.3, -0.25) is 0 Å². The number of aromatic carboxylic acids is 1. The SMILES string of the molecule is Cc1ccc2[nH]ccc2c1-c1[nH]c(C(=O)O)c(-c2c(Cl)ccc3c2C=CC3)c1C(C)C. The quantitative estimate of drug-likeness (QED) is 0.321. The molecule has 0 atom stereocenters. The lowest BCUT2D eigenvalue weighted by Crippen LogP contribution is -2.02. The van der Waals surface area contributed by atoms with E-state index < -0.39 is 5.97 Å². The maximum absolute atomic E-state index is 12.4. The second-order valence-electron chi connectivity index (χ2n) is 8.42. The molecule has 0 fully saturated rings. The van der Waals surface area contributed by atoms with Crippen LogP contribution in [0, 0.1) is 6.92 Å². The minimum Gasteiger partial charge on any atom is -0.477 e. The van der Waals surface area contributed by atoms with Crippen LogP contribution < -0.4 is 0 Å². The first-order valence-electron chi connectivity index (χ1n) is 10.4. The zero-order valence-electron chi connectivity index (χ0n) is 17.6. The van der Waals surface area contributed by atoms with Crippen LogP contribution in [0.4, 0.5) is 0 Å². The molecule has 0 spiro atoms. The van der Waals surface area contributed by atoms with Gasteiger partial charge < -0.3 is 15.1 Å². The fourth-order valence-corrected chi connectivity index (χ4v) is 5.10. The molecule has 31 heavy (non-hydrogen) atoms. The minimum atomic E-state index is -0.988. The highest BCUT2D eigenvalue weighted by atomic mass is 35.5. The van der Waals surface area contributed by atoms with Gasteiger partial charge >= 0.3 is 5.97 Å². The lowest BCUT2D eigenvalue weighted by atomic mass is 9.87. The van der Waals surface area contributed by atoms with Crippen molar-refractivity contribution in [1.29, 1.82) is 0 Å². The van der Waals surface area contributed by atoms with Crippen molar-refractivity contribution in [2.24, 2.45) is 0 Å². The van der Waals surface area contributed by atoms with E-state index >= 15 is 0 Å².